The van der Waals surface area contributed by atoms with E-state index in [-0.39, 0.29) is 12.8 Å². The molecule has 16 atom stereocenters. The first-order valence-corrected chi connectivity index (χ1v) is 30.7. The molecule has 2 rings (SSSR count). The Morgan fingerprint density at radius 3 is 1.28 bits per heavy atom. The van der Waals surface area contributed by atoms with Gasteiger partial charge >= 0.3 is 7.82 Å². The van der Waals surface area contributed by atoms with Crippen LogP contribution in [0.5, 0.6) is 0 Å². The van der Waals surface area contributed by atoms with Gasteiger partial charge in [0.2, 0.25) is 5.91 Å². The lowest BCUT2D eigenvalue weighted by molar-refractivity contribution is -0.338. The van der Waals surface area contributed by atoms with Gasteiger partial charge in [0.1, 0.15) is 73.2 Å². The van der Waals surface area contributed by atoms with E-state index in [1.54, 1.807) is 0 Å². The van der Waals surface area contributed by atoms with E-state index in [2.05, 4.69) is 19.2 Å². The molecular formula is C54H106NO18P. The van der Waals surface area contributed by atoms with Crippen LogP contribution >= 0.6 is 7.82 Å². The second kappa shape index (κ2) is 41.1. The van der Waals surface area contributed by atoms with Crippen molar-refractivity contribution in [1.29, 1.82) is 0 Å². The molecule has 0 aromatic rings. The van der Waals surface area contributed by atoms with Crippen molar-refractivity contribution >= 4 is 13.7 Å². The van der Waals surface area contributed by atoms with E-state index < -0.39 is 119 Å². The highest BCUT2D eigenvalue weighted by molar-refractivity contribution is 7.47. The van der Waals surface area contributed by atoms with Crippen LogP contribution in [-0.2, 0) is 27.9 Å². The number of hydrogen-bond acceptors (Lipinski definition) is 17. The summed E-state index contributed by atoms with van der Waals surface area (Å²) in [4.78, 5) is 24.3. The van der Waals surface area contributed by atoms with Crippen LogP contribution in [0.2, 0.25) is 0 Å². The Morgan fingerprint density at radius 2 is 0.878 bits per heavy atom. The SMILES string of the molecule is CCCCCCCCCCCCCCCCCCCCCC[C@@H](O)C(=O)N[C@@H](COP(=O)(O)O[C@@H]1[C@H](O)[C@H](O)[C@@H](O)[C@H](O)[C@H]1O[C@H]1O[C@H](CO)[C@@H](O)[C@H](O)[C@@H]1O)[C@H](O)[C@H](O)CCCCCCCCCCCCCC. The number of nitrogens with one attached hydrogen (secondary N) is 1. The van der Waals surface area contributed by atoms with Crippen LogP contribution in [0.25, 0.3) is 0 Å². The van der Waals surface area contributed by atoms with Crippen molar-refractivity contribution in [2.75, 3.05) is 13.2 Å². The molecule has 1 saturated heterocycles. The lowest BCUT2D eigenvalue weighted by Crippen LogP contribution is -2.67. The Kier molecular flexibility index (Phi) is 38.4. The maximum atomic E-state index is 13.6. The van der Waals surface area contributed by atoms with E-state index in [1.165, 1.54) is 135 Å². The Hall–Kier alpha value is -0.940. The highest BCUT2D eigenvalue weighted by Gasteiger charge is 2.55. The molecule has 20 heteroatoms. The van der Waals surface area contributed by atoms with Gasteiger partial charge < -0.3 is 75.9 Å². The molecule has 19 nitrogen and oxygen atoms in total. The number of hydrogen-bond donors (Lipinski definition) is 13. The molecule has 1 aliphatic heterocycles. The van der Waals surface area contributed by atoms with E-state index in [1.807, 2.05) is 0 Å². The van der Waals surface area contributed by atoms with Gasteiger partial charge in [0.15, 0.2) is 6.29 Å². The van der Waals surface area contributed by atoms with Crippen molar-refractivity contribution in [3.8, 4) is 0 Å². The topological polar surface area (TPSA) is 326 Å². The summed E-state index contributed by atoms with van der Waals surface area (Å²) in [6, 6.07) is -1.58. The number of amides is 1. The summed E-state index contributed by atoms with van der Waals surface area (Å²) in [7, 11) is -5.49. The average molecular weight is 1090 g/mol. The highest BCUT2D eigenvalue weighted by Crippen LogP contribution is 2.48. The molecule has 0 aromatic heterocycles. The Morgan fingerprint density at radius 1 is 0.514 bits per heavy atom. The van der Waals surface area contributed by atoms with Crippen LogP contribution < -0.4 is 5.32 Å². The number of ether oxygens (including phenoxy) is 2. The summed E-state index contributed by atoms with van der Waals surface area (Å²) in [5, 5.41) is 119. The number of carbonyl (C=O) groups is 1. The first-order valence-electron chi connectivity index (χ1n) is 29.2. The van der Waals surface area contributed by atoms with Crippen LogP contribution in [0.4, 0.5) is 0 Å². The standard InChI is InChI=1S/C54H106NO18P/c1-3-5-7-9-11-13-15-17-18-19-20-21-22-23-24-26-28-30-32-34-36-41(58)53(67)55-39(43(59)40(57)35-33-31-29-27-25-16-14-12-10-8-6-4-2)38-70-74(68,69)73-52-49(65)47(63)46(62)48(64)51(52)72-54-50(66)45(61)44(60)42(37-56)71-54/h39-52,54,56-66H,3-38H2,1-2H3,(H,55,67)(H,68,69)/t39-,40+,41+,42+,43-,44+,45-,46+,47+,48-,49+,50-,51+,52+,54+/m0/s1. The summed E-state index contributed by atoms with van der Waals surface area (Å²) in [6.07, 6.45) is 10.3. The Labute approximate surface area is 443 Å². The predicted molar refractivity (Wildman–Crippen MR) is 282 cm³/mol. The third-order valence-electron chi connectivity index (χ3n) is 15.0. The van der Waals surface area contributed by atoms with Crippen molar-refractivity contribution < 1.29 is 88.9 Å². The van der Waals surface area contributed by atoms with Crippen LogP contribution in [0, 0.1) is 0 Å². The quantitative estimate of drug-likeness (QED) is 0.0245. The first-order chi connectivity index (χ1) is 35.5. The summed E-state index contributed by atoms with van der Waals surface area (Å²) < 4.78 is 34.8. The van der Waals surface area contributed by atoms with Gasteiger partial charge in [0.25, 0.3) is 0 Å². The lowest BCUT2D eigenvalue weighted by atomic mass is 9.84. The van der Waals surface area contributed by atoms with Gasteiger partial charge in [0.05, 0.1) is 25.4 Å². The molecule has 0 spiro atoms. The van der Waals surface area contributed by atoms with E-state index in [0.717, 1.165) is 57.8 Å². The van der Waals surface area contributed by atoms with Crippen molar-refractivity contribution in [1.82, 2.24) is 5.32 Å². The number of phosphoric acid groups is 1. The number of aliphatic hydroxyl groups is 11. The minimum atomic E-state index is -5.49. The zero-order chi connectivity index (χ0) is 54.7. The van der Waals surface area contributed by atoms with E-state index in [9.17, 15) is 70.4 Å². The molecule has 1 amide bonds. The highest BCUT2D eigenvalue weighted by atomic mass is 31.2. The largest absolute Gasteiger partial charge is 0.472 e. The molecule has 1 heterocycles. The third-order valence-corrected chi connectivity index (χ3v) is 16.0. The van der Waals surface area contributed by atoms with Gasteiger partial charge in [-0.25, -0.2) is 4.57 Å². The van der Waals surface area contributed by atoms with Gasteiger partial charge in [-0.1, -0.05) is 219 Å². The molecule has 0 bridgehead atoms. The zero-order valence-corrected chi connectivity index (χ0v) is 46.3. The summed E-state index contributed by atoms with van der Waals surface area (Å²) >= 11 is 0. The molecule has 1 saturated carbocycles. The molecule has 13 N–H and O–H groups in total. The normalized spacial score (nSPS) is 27.9. The smallest absolute Gasteiger partial charge is 0.394 e. The van der Waals surface area contributed by atoms with Crippen LogP contribution in [0.1, 0.15) is 232 Å². The second-order valence-corrected chi connectivity index (χ2v) is 22.9. The molecule has 0 radical (unpaired) electrons. The third kappa shape index (κ3) is 27.8. The van der Waals surface area contributed by atoms with Crippen molar-refractivity contribution in [3.63, 3.8) is 0 Å². The van der Waals surface area contributed by atoms with Crippen LogP contribution in [0.3, 0.4) is 0 Å². The summed E-state index contributed by atoms with van der Waals surface area (Å²) in [5.74, 6) is -0.919. The monoisotopic (exact) mass is 1090 g/mol. The molecule has 1 unspecified atom stereocenters. The fourth-order valence-electron chi connectivity index (χ4n) is 10.0. The van der Waals surface area contributed by atoms with Crippen molar-refractivity contribution in [2.24, 2.45) is 0 Å². The van der Waals surface area contributed by atoms with Gasteiger partial charge in [-0.3, -0.25) is 13.8 Å². The number of aliphatic hydroxyl groups excluding tert-OH is 11. The molecule has 440 valence electrons. The minimum Gasteiger partial charge on any atom is -0.394 e. The fourth-order valence-corrected chi connectivity index (χ4v) is 11.0. The van der Waals surface area contributed by atoms with E-state index in [0.29, 0.717) is 12.8 Å². The second-order valence-electron chi connectivity index (χ2n) is 21.5. The van der Waals surface area contributed by atoms with Crippen molar-refractivity contribution in [2.45, 2.75) is 324 Å². The minimum absolute atomic E-state index is 0.101. The van der Waals surface area contributed by atoms with Gasteiger partial charge in [-0.05, 0) is 12.8 Å². The fraction of sp³-hybridized carbons (Fsp3) is 0.981. The lowest BCUT2D eigenvalue weighted by Gasteiger charge is -2.47. The van der Waals surface area contributed by atoms with E-state index in [4.69, 9.17) is 18.5 Å². The number of carbonyl (C=O) groups excluding carboxylic acids is 1. The first kappa shape index (κ1) is 69.2. The predicted octanol–water partition coefficient (Wildman–Crippen LogP) is 6.00. The number of phosphoric ester groups is 1. The van der Waals surface area contributed by atoms with Crippen LogP contribution in [-0.4, -0.2) is 172 Å². The van der Waals surface area contributed by atoms with E-state index >= 15 is 0 Å². The molecule has 0 aromatic carbocycles. The molecular weight excluding hydrogens is 982 g/mol. The molecule has 74 heavy (non-hydrogen) atoms. The number of rotatable bonds is 46. The molecule has 1 aliphatic carbocycles. The zero-order valence-electron chi connectivity index (χ0n) is 45.4. The summed E-state index contributed by atoms with van der Waals surface area (Å²) in [5.41, 5.74) is 0. The van der Waals surface area contributed by atoms with Crippen molar-refractivity contribution in [3.05, 3.63) is 0 Å². The number of unbranched alkanes of at least 4 members (excludes halogenated alkanes) is 30. The van der Waals surface area contributed by atoms with Crippen LogP contribution in [0.15, 0.2) is 0 Å². The van der Waals surface area contributed by atoms with Gasteiger partial charge in [-0.15, -0.1) is 0 Å². The molecule has 2 aliphatic rings. The Balaban J connectivity index is 1.93. The maximum Gasteiger partial charge on any atom is 0.472 e. The summed E-state index contributed by atoms with van der Waals surface area (Å²) in [6.45, 7) is 2.59. The van der Waals surface area contributed by atoms with Gasteiger partial charge in [-0.2, -0.15) is 0 Å². The maximum absolute atomic E-state index is 13.6. The Bertz CT molecular complexity index is 1420. The van der Waals surface area contributed by atoms with Gasteiger partial charge in [0, 0.05) is 0 Å². The molecule has 2 fully saturated rings. The average Bonchev–Trinajstić information content (AvgIpc) is 3.38.